The number of halogens is 2. The quantitative estimate of drug-likeness (QED) is 0.695. The molecule has 102 valence electrons. The fourth-order valence-electron chi connectivity index (χ4n) is 1.60. The van der Waals surface area contributed by atoms with Crippen LogP contribution in [0.4, 0.5) is 8.78 Å². The highest BCUT2D eigenvalue weighted by molar-refractivity contribution is 5.27. The maximum atomic E-state index is 12.4. The van der Waals surface area contributed by atoms with E-state index in [1.165, 1.54) is 0 Å². The summed E-state index contributed by atoms with van der Waals surface area (Å²) in [6, 6.07) is 7.44. The minimum Gasteiger partial charge on any atom is -0.494 e. The summed E-state index contributed by atoms with van der Waals surface area (Å²) in [5.74, 6) is 0.831. The summed E-state index contributed by atoms with van der Waals surface area (Å²) in [6.07, 6.45) is -0.833. The van der Waals surface area contributed by atoms with Crippen LogP contribution in [0, 0.1) is 11.8 Å². The van der Waals surface area contributed by atoms with Gasteiger partial charge in [-0.1, -0.05) is 32.9 Å². The third-order valence-corrected chi connectivity index (χ3v) is 2.88. The van der Waals surface area contributed by atoms with Crippen molar-refractivity contribution in [3.05, 3.63) is 29.8 Å². The van der Waals surface area contributed by atoms with Gasteiger partial charge in [0.25, 0.3) is 0 Å². The minimum atomic E-state index is -2.26. The number of alkyl halides is 2. The highest BCUT2D eigenvalue weighted by Crippen LogP contribution is 2.18. The van der Waals surface area contributed by atoms with Gasteiger partial charge < -0.3 is 4.74 Å². The molecule has 0 aromatic heterocycles. The molecule has 1 unspecified atom stereocenters. The van der Waals surface area contributed by atoms with E-state index in [0.29, 0.717) is 18.9 Å². The molecule has 0 spiro atoms. The van der Waals surface area contributed by atoms with Gasteiger partial charge in [-0.2, -0.15) is 0 Å². The predicted octanol–water partition coefficient (Wildman–Crippen LogP) is 4.56. The van der Waals surface area contributed by atoms with Crippen molar-refractivity contribution in [2.75, 3.05) is 6.61 Å². The van der Waals surface area contributed by atoms with Crippen molar-refractivity contribution in [1.29, 1.82) is 0 Å². The topological polar surface area (TPSA) is 9.23 Å². The number of hydrogen-bond acceptors (Lipinski definition) is 1. The van der Waals surface area contributed by atoms with Gasteiger partial charge in [0, 0.05) is 5.92 Å². The van der Waals surface area contributed by atoms with Crippen LogP contribution >= 0.6 is 0 Å². The van der Waals surface area contributed by atoms with E-state index >= 15 is 0 Å². The summed E-state index contributed by atoms with van der Waals surface area (Å²) in [5, 5.41) is 0. The highest BCUT2D eigenvalue weighted by Gasteiger charge is 2.14. The molecule has 0 saturated heterocycles. The maximum Gasteiger partial charge on any atom is 0.241 e. The third kappa shape index (κ3) is 5.48. The standard InChI is InChI=1S/C15H22F2O/c1-11(2)8-9-18-14-6-4-13(5-7-14)10-12(3)15(16)17/h4-7,11-12,15H,8-10H2,1-3H3. The Morgan fingerprint density at radius 3 is 2.17 bits per heavy atom. The van der Waals surface area contributed by atoms with Crippen molar-refractivity contribution in [2.45, 2.75) is 40.0 Å². The van der Waals surface area contributed by atoms with Crippen LogP contribution in [-0.4, -0.2) is 13.0 Å². The minimum absolute atomic E-state index is 0.407. The Labute approximate surface area is 108 Å². The normalized spacial score (nSPS) is 13.1. The Morgan fingerprint density at radius 1 is 1.06 bits per heavy atom. The molecule has 1 nitrogen and oxygen atoms in total. The van der Waals surface area contributed by atoms with E-state index in [2.05, 4.69) is 13.8 Å². The van der Waals surface area contributed by atoms with Gasteiger partial charge in [-0.25, -0.2) is 8.78 Å². The summed E-state index contributed by atoms with van der Waals surface area (Å²) in [6.45, 7) is 6.57. The second-order valence-corrected chi connectivity index (χ2v) is 5.19. The fourth-order valence-corrected chi connectivity index (χ4v) is 1.60. The molecule has 0 aliphatic rings. The first kappa shape index (κ1) is 14.9. The summed E-state index contributed by atoms with van der Waals surface area (Å²) in [4.78, 5) is 0. The van der Waals surface area contributed by atoms with Crippen LogP contribution in [0.5, 0.6) is 5.75 Å². The zero-order chi connectivity index (χ0) is 13.5. The smallest absolute Gasteiger partial charge is 0.241 e. The summed E-state index contributed by atoms with van der Waals surface area (Å²) in [7, 11) is 0. The Hall–Kier alpha value is -1.12. The first-order chi connectivity index (χ1) is 8.49. The van der Waals surface area contributed by atoms with Crippen LogP contribution in [0.1, 0.15) is 32.8 Å². The van der Waals surface area contributed by atoms with Crippen LogP contribution < -0.4 is 4.74 Å². The zero-order valence-electron chi connectivity index (χ0n) is 11.3. The lowest BCUT2D eigenvalue weighted by Gasteiger charge is -2.11. The molecule has 0 fully saturated rings. The molecule has 3 heteroatoms. The molecular formula is C15H22F2O. The molecule has 18 heavy (non-hydrogen) atoms. The number of benzene rings is 1. The fraction of sp³-hybridized carbons (Fsp3) is 0.600. The van der Waals surface area contributed by atoms with Crippen molar-refractivity contribution < 1.29 is 13.5 Å². The summed E-state index contributed by atoms with van der Waals surface area (Å²) < 4.78 is 30.4. The number of rotatable bonds is 7. The Balaban J connectivity index is 2.42. The lowest BCUT2D eigenvalue weighted by atomic mass is 10.0. The van der Waals surface area contributed by atoms with E-state index in [0.717, 1.165) is 17.7 Å². The van der Waals surface area contributed by atoms with Crippen LogP contribution in [0.15, 0.2) is 24.3 Å². The lowest BCUT2D eigenvalue weighted by molar-refractivity contribution is 0.0865. The van der Waals surface area contributed by atoms with Crippen LogP contribution in [0.3, 0.4) is 0 Å². The molecule has 0 amide bonds. The molecule has 0 radical (unpaired) electrons. The summed E-state index contributed by atoms with van der Waals surface area (Å²) >= 11 is 0. The van der Waals surface area contributed by atoms with Gasteiger partial charge in [0.05, 0.1) is 6.61 Å². The van der Waals surface area contributed by atoms with E-state index in [9.17, 15) is 8.78 Å². The molecule has 1 aromatic rings. The second-order valence-electron chi connectivity index (χ2n) is 5.19. The van der Waals surface area contributed by atoms with E-state index in [-0.39, 0.29) is 0 Å². The Kier molecular flexibility index (Phi) is 6.10. The Bertz CT molecular complexity index is 333. The lowest BCUT2D eigenvalue weighted by Crippen LogP contribution is -2.09. The maximum absolute atomic E-state index is 12.4. The largest absolute Gasteiger partial charge is 0.494 e. The van der Waals surface area contributed by atoms with Crippen molar-refractivity contribution in [3.63, 3.8) is 0 Å². The molecular weight excluding hydrogens is 234 g/mol. The number of hydrogen-bond donors (Lipinski definition) is 0. The van der Waals surface area contributed by atoms with Crippen molar-refractivity contribution >= 4 is 0 Å². The Morgan fingerprint density at radius 2 is 1.67 bits per heavy atom. The van der Waals surface area contributed by atoms with Crippen molar-refractivity contribution in [2.24, 2.45) is 11.8 Å². The molecule has 1 rings (SSSR count). The zero-order valence-corrected chi connectivity index (χ0v) is 11.3. The van der Waals surface area contributed by atoms with Gasteiger partial charge in [0.15, 0.2) is 0 Å². The van der Waals surface area contributed by atoms with Gasteiger partial charge in [0.2, 0.25) is 6.43 Å². The van der Waals surface area contributed by atoms with Gasteiger partial charge in [0.1, 0.15) is 5.75 Å². The average Bonchev–Trinajstić information content (AvgIpc) is 2.30. The molecule has 0 aliphatic heterocycles. The number of ether oxygens (including phenoxy) is 1. The van der Waals surface area contributed by atoms with E-state index < -0.39 is 12.3 Å². The van der Waals surface area contributed by atoms with E-state index in [4.69, 9.17) is 4.74 Å². The third-order valence-electron chi connectivity index (χ3n) is 2.88. The van der Waals surface area contributed by atoms with Gasteiger partial charge >= 0.3 is 0 Å². The van der Waals surface area contributed by atoms with E-state index in [1.807, 2.05) is 24.3 Å². The van der Waals surface area contributed by atoms with Gasteiger partial charge in [-0.3, -0.25) is 0 Å². The first-order valence-corrected chi connectivity index (χ1v) is 6.49. The van der Waals surface area contributed by atoms with Crippen LogP contribution in [-0.2, 0) is 6.42 Å². The monoisotopic (exact) mass is 256 g/mol. The molecule has 0 bridgehead atoms. The molecule has 1 atom stereocenters. The van der Waals surface area contributed by atoms with Crippen molar-refractivity contribution in [3.8, 4) is 5.75 Å². The van der Waals surface area contributed by atoms with Gasteiger partial charge in [-0.05, 0) is 36.5 Å². The highest BCUT2D eigenvalue weighted by atomic mass is 19.3. The first-order valence-electron chi connectivity index (χ1n) is 6.49. The molecule has 0 saturated carbocycles. The predicted molar refractivity (Wildman–Crippen MR) is 70.3 cm³/mol. The van der Waals surface area contributed by atoms with Crippen LogP contribution in [0.2, 0.25) is 0 Å². The molecule has 0 N–H and O–H groups in total. The summed E-state index contributed by atoms with van der Waals surface area (Å²) in [5.41, 5.74) is 0.930. The average molecular weight is 256 g/mol. The van der Waals surface area contributed by atoms with E-state index in [1.54, 1.807) is 6.92 Å². The van der Waals surface area contributed by atoms with Crippen LogP contribution in [0.25, 0.3) is 0 Å². The molecule has 0 aliphatic carbocycles. The SMILES string of the molecule is CC(C)CCOc1ccc(CC(C)C(F)F)cc1. The van der Waals surface area contributed by atoms with Gasteiger partial charge in [-0.15, -0.1) is 0 Å². The second kappa shape index (κ2) is 7.34. The van der Waals surface area contributed by atoms with Crippen molar-refractivity contribution in [1.82, 2.24) is 0 Å². The molecule has 0 heterocycles. The molecule has 1 aromatic carbocycles.